The Hall–Kier alpha value is -1.79. The van der Waals surface area contributed by atoms with Crippen molar-refractivity contribution in [2.75, 3.05) is 11.9 Å². The van der Waals surface area contributed by atoms with Crippen LogP contribution in [-0.2, 0) is 11.2 Å². The fraction of sp³-hybridized carbons (Fsp3) is 0.250. The van der Waals surface area contributed by atoms with E-state index in [0.717, 1.165) is 0 Å². The standard InChI is InChI=1S/C12H12Cl2N4O2/c1-2-20-12-16-11(17-18-12)15-10(19)5-7-3-4-8(13)6-9(7)14/h3-4,6H,2,5H2,1H3,(H2,15,16,17,18,19). The van der Waals surface area contributed by atoms with Crippen molar-refractivity contribution in [2.24, 2.45) is 0 Å². The van der Waals surface area contributed by atoms with Crippen molar-refractivity contribution in [3.8, 4) is 6.01 Å². The van der Waals surface area contributed by atoms with Gasteiger partial charge < -0.3 is 4.74 Å². The van der Waals surface area contributed by atoms with Crippen LogP contribution in [0.25, 0.3) is 0 Å². The number of benzene rings is 1. The first-order valence-corrected chi connectivity index (χ1v) is 6.63. The predicted octanol–water partition coefficient (Wildman–Crippen LogP) is 2.69. The number of rotatable bonds is 5. The summed E-state index contributed by atoms with van der Waals surface area (Å²) in [5, 5.41) is 9.88. The van der Waals surface area contributed by atoms with Crippen LogP contribution in [0.2, 0.25) is 10.0 Å². The molecule has 0 aliphatic rings. The van der Waals surface area contributed by atoms with Crippen molar-refractivity contribution >= 4 is 35.1 Å². The third kappa shape index (κ3) is 3.85. The van der Waals surface area contributed by atoms with E-state index >= 15 is 0 Å². The molecule has 0 saturated carbocycles. The molecule has 0 aliphatic heterocycles. The van der Waals surface area contributed by atoms with Gasteiger partial charge in [-0.3, -0.25) is 10.1 Å². The number of H-pyrrole nitrogens is 1. The number of hydrogen-bond donors (Lipinski definition) is 2. The average Bonchev–Trinajstić information content (AvgIpc) is 2.81. The summed E-state index contributed by atoms with van der Waals surface area (Å²) < 4.78 is 5.08. The lowest BCUT2D eigenvalue weighted by molar-refractivity contribution is -0.115. The number of nitrogens with zero attached hydrogens (tertiary/aromatic N) is 2. The number of aromatic nitrogens is 3. The number of anilines is 1. The number of aromatic amines is 1. The van der Waals surface area contributed by atoms with E-state index in [4.69, 9.17) is 27.9 Å². The van der Waals surface area contributed by atoms with Crippen LogP contribution in [0.1, 0.15) is 12.5 Å². The second-order valence-corrected chi connectivity index (χ2v) is 4.70. The van der Waals surface area contributed by atoms with E-state index in [-0.39, 0.29) is 24.3 Å². The molecule has 1 heterocycles. The maximum absolute atomic E-state index is 11.9. The molecule has 2 N–H and O–H groups in total. The summed E-state index contributed by atoms with van der Waals surface area (Å²) in [4.78, 5) is 15.8. The van der Waals surface area contributed by atoms with Gasteiger partial charge in [0, 0.05) is 10.0 Å². The second kappa shape index (κ2) is 6.58. The Labute approximate surface area is 125 Å². The molecular formula is C12H12Cl2N4O2. The number of ether oxygens (including phenoxy) is 1. The van der Waals surface area contributed by atoms with Crippen LogP contribution in [0, 0.1) is 0 Å². The van der Waals surface area contributed by atoms with E-state index < -0.39 is 0 Å². The van der Waals surface area contributed by atoms with Gasteiger partial charge in [-0.25, -0.2) is 5.10 Å². The Morgan fingerprint density at radius 1 is 1.45 bits per heavy atom. The van der Waals surface area contributed by atoms with E-state index in [1.165, 1.54) is 0 Å². The number of amides is 1. The van der Waals surface area contributed by atoms with E-state index in [1.807, 2.05) is 6.92 Å². The van der Waals surface area contributed by atoms with E-state index in [2.05, 4.69) is 20.5 Å². The topological polar surface area (TPSA) is 79.9 Å². The third-order valence-corrected chi connectivity index (χ3v) is 2.95. The van der Waals surface area contributed by atoms with Crippen LogP contribution in [0.5, 0.6) is 6.01 Å². The number of nitrogens with one attached hydrogen (secondary N) is 2. The van der Waals surface area contributed by atoms with Gasteiger partial charge in [-0.2, -0.15) is 4.98 Å². The van der Waals surface area contributed by atoms with Gasteiger partial charge in [0.05, 0.1) is 13.0 Å². The molecule has 0 bridgehead atoms. The molecule has 1 aromatic carbocycles. The largest absolute Gasteiger partial charge is 0.463 e. The van der Waals surface area contributed by atoms with Crippen molar-refractivity contribution < 1.29 is 9.53 Å². The maximum atomic E-state index is 11.9. The summed E-state index contributed by atoms with van der Waals surface area (Å²) in [6.07, 6.45) is 0.112. The first-order chi connectivity index (χ1) is 9.58. The zero-order valence-corrected chi connectivity index (χ0v) is 12.1. The SMILES string of the molecule is CCOc1n[nH]c(NC(=O)Cc2ccc(Cl)cc2Cl)n1. The van der Waals surface area contributed by atoms with Crippen molar-refractivity contribution in [3.05, 3.63) is 33.8 Å². The fourth-order valence-electron chi connectivity index (χ4n) is 1.51. The predicted molar refractivity (Wildman–Crippen MR) is 76.3 cm³/mol. The Balaban J connectivity index is 1.97. The maximum Gasteiger partial charge on any atom is 0.337 e. The molecule has 0 unspecified atom stereocenters. The second-order valence-electron chi connectivity index (χ2n) is 3.86. The molecule has 6 nitrogen and oxygen atoms in total. The smallest absolute Gasteiger partial charge is 0.337 e. The highest BCUT2D eigenvalue weighted by Gasteiger charge is 2.10. The van der Waals surface area contributed by atoms with Gasteiger partial charge in [-0.05, 0) is 24.6 Å². The summed E-state index contributed by atoms with van der Waals surface area (Å²) in [5.74, 6) is -0.0445. The monoisotopic (exact) mass is 314 g/mol. The summed E-state index contributed by atoms with van der Waals surface area (Å²) in [5.41, 5.74) is 0.679. The molecule has 0 fully saturated rings. The van der Waals surface area contributed by atoms with Gasteiger partial charge in [-0.1, -0.05) is 29.3 Å². The Morgan fingerprint density at radius 3 is 2.95 bits per heavy atom. The zero-order valence-electron chi connectivity index (χ0n) is 10.6. The molecule has 1 aromatic heterocycles. The van der Waals surface area contributed by atoms with Gasteiger partial charge in [0.25, 0.3) is 0 Å². The van der Waals surface area contributed by atoms with Gasteiger partial charge in [0.1, 0.15) is 0 Å². The van der Waals surface area contributed by atoms with Crippen LogP contribution in [0.4, 0.5) is 5.95 Å². The molecule has 0 radical (unpaired) electrons. The minimum Gasteiger partial charge on any atom is -0.463 e. The number of carbonyl (C=O) groups excluding carboxylic acids is 1. The molecule has 0 saturated heterocycles. The highest BCUT2D eigenvalue weighted by molar-refractivity contribution is 6.35. The number of halogens is 2. The summed E-state index contributed by atoms with van der Waals surface area (Å²) >= 11 is 11.8. The van der Waals surface area contributed by atoms with Crippen LogP contribution >= 0.6 is 23.2 Å². The van der Waals surface area contributed by atoms with Gasteiger partial charge >= 0.3 is 6.01 Å². The Kier molecular flexibility index (Phi) is 4.81. The normalized spacial score (nSPS) is 10.3. The molecule has 8 heteroatoms. The van der Waals surface area contributed by atoms with Crippen molar-refractivity contribution in [3.63, 3.8) is 0 Å². The summed E-state index contributed by atoms with van der Waals surface area (Å²) in [6, 6.07) is 5.16. The molecule has 0 spiro atoms. The molecule has 0 atom stereocenters. The zero-order chi connectivity index (χ0) is 14.5. The molecule has 0 aliphatic carbocycles. The summed E-state index contributed by atoms with van der Waals surface area (Å²) in [6.45, 7) is 2.27. The molecule has 106 valence electrons. The van der Waals surface area contributed by atoms with E-state index in [9.17, 15) is 4.79 Å². The highest BCUT2D eigenvalue weighted by atomic mass is 35.5. The Morgan fingerprint density at radius 2 is 2.25 bits per heavy atom. The first kappa shape index (κ1) is 14.6. The van der Waals surface area contributed by atoms with Gasteiger partial charge in [-0.15, -0.1) is 5.10 Å². The highest BCUT2D eigenvalue weighted by Crippen LogP contribution is 2.21. The van der Waals surface area contributed by atoms with Gasteiger partial charge in [0.15, 0.2) is 0 Å². The minimum absolute atomic E-state index is 0.112. The minimum atomic E-state index is -0.270. The van der Waals surface area contributed by atoms with Crippen molar-refractivity contribution in [2.45, 2.75) is 13.3 Å². The van der Waals surface area contributed by atoms with E-state index in [1.54, 1.807) is 18.2 Å². The molecule has 2 aromatic rings. The van der Waals surface area contributed by atoms with Crippen molar-refractivity contribution in [1.29, 1.82) is 0 Å². The third-order valence-electron chi connectivity index (χ3n) is 2.36. The fourth-order valence-corrected chi connectivity index (χ4v) is 1.99. The quantitative estimate of drug-likeness (QED) is 0.889. The van der Waals surface area contributed by atoms with Crippen LogP contribution in [0.15, 0.2) is 18.2 Å². The molecule has 1 amide bonds. The number of hydrogen-bond acceptors (Lipinski definition) is 4. The molecular weight excluding hydrogens is 303 g/mol. The lowest BCUT2D eigenvalue weighted by Gasteiger charge is -2.04. The molecule has 2 rings (SSSR count). The van der Waals surface area contributed by atoms with Crippen LogP contribution in [-0.4, -0.2) is 27.7 Å². The first-order valence-electron chi connectivity index (χ1n) is 5.87. The summed E-state index contributed by atoms with van der Waals surface area (Å²) in [7, 11) is 0. The lowest BCUT2D eigenvalue weighted by Crippen LogP contribution is -2.15. The van der Waals surface area contributed by atoms with Gasteiger partial charge in [0.2, 0.25) is 11.9 Å². The van der Waals surface area contributed by atoms with E-state index in [0.29, 0.717) is 22.2 Å². The average molecular weight is 315 g/mol. The Bertz CT molecular complexity index is 615. The van der Waals surface area contributed by atoms with Crippen LogP contribution in [0.3, 0.4) is 0 Å². The molecule has 20 heavy (non-hydrogen) atoms. The van der Waals surface area contributed by atoms with Crippen LogP contribution < -0.4 is 10.1 Å². The lowest BCUT2D eigenvalue weighted by atomic mass is 10.1. The number of carbonyl (C=O) groups is 1. The van der Waals surface area contributed by atoms with Crippen molar-refractivity contribution in [1.82, 2.24) is 15.2 Å².